The Balaban J connectivity index is 2.29. The summed E-state index contributed by atoms with van der Waals surface area (Å²) in [5, 5.41) is 22.4. The Labute approximate surface area is 198 Å². The fourth-order valence-electron chi connectivity index (χ4n) is 3.45. The number of carbonyl (C=O) groups excluding carboxylic acids is 1. The van der Waals surface area contributed by atoms with Crippen molar-refractivity contribution in [2.24, 2.45) is 5.41 Å². The predicted molar refractivity (Wildman–Crippen MR) is 124 cm³/mol. The van der Waals surface area contributed by atoms with Crippen molar-refractivity contribution in [2.45, 2.75) is 58.6 Å². The molecule has 1 amide bonds. The van der Waals surface area contributed by atoms with Crippen molar-refractivity contribution in [1.29, 1.82) is 5.26 Å². The van der Waals surface area contributed by atoms with Crippen LogP contribution in [0.5, 0.6) is 0 Å². The van der Waals surface area contributed by atoms with Crippen LogP contribution in [0.4, 0.5) is 9.18 Å². The maximum absolute atomic E-state index is 14.2. The highest BCUT2D eigenvalue weighted by Gasteiger charge is 2.40. The van der Waals surface area contributed by atoms with Gasteiger partial charge in [-0.2, -0.15) is 5.26 Å². The van der Waals surface area contributed by atoms with Crippen LogP contribution in [-0.2, 0) is 16.0 Å². The van der Waals surface area contributed by atoms with Gasteiger partial charge in [0.05, 0.1) is 6.07 Å². The van der Waals surface area contributed by atoms with Crippen LogP contribution < -0.4 is 5.32 Å². The molecular weight excluding hydrogens is 447 g/mol. The second-order valence-electron chi connectivity index (χ2n) is 8.93. The summed E-state index contributed by atoms with van der Waals surface area (Å²) in [5.74, 6) is -1.64. The van der Waals surface area contributed by atoms with Crippen molar-refractivity contribution in [3.05, 3.63) is 58.9 Å². The van der Waals surface area contributed by atoms with E-state index in [1.54, 1.807) is 52.0 Å². The van der Waals surface area contributed by atoms with Gasteiger partial charge >= 0.3 is 12.1 Å². The zero-order valence-electron chi connectivity index (χ0n) is 19.1. The first-order chi connectivity index (χ1) is 15.4. The van der Waals surface area contributed by atoms with Gasteiger partial charge < -0.3 is 15.2 Å². The Morgan fingerprint density at radius 3 is 2.36 bits per heavy atom. The standard InChI is InChI=1S/C25H28ClFN2O4/c1-5-25(15-28,22(30)31)14-19(29-23(32)33-24(2,3)4)12-16-6-8-17(9-7-16)20-13-18(26)10-11-21(20)27/h6-11,13,19H,5,12,14H2,1-4H3,(H,29,32)(H,30,31)/t19-,25?/m1/s1. The molecule has 2 N–H and O–H groups in total. The first kappa shape index (κ1) is 26.1. The van der Waals surface area contributed by atoms with Crippen molar-refractivity contribution >= 4 is 23.7 Å². The molecule has 0 aliphatic rings. The van der Waals surface area contributed by atoms with Gasteiger partial charge in [0, 0.05) is 16.6 Å². The lowest BCUT2D eigenvalue weighted by atomic mass is 9.79. The summed E-state index contributed by atoms with van der Waals surface area (Å²) in [5.41, 5.74) is -0.626. The highest BCUT2D eigenvalue weighted by molar-refractivity contribution is 6.30. The van der Waals surface area contributed by atoms with Crippen molar-refractivity contribution in [1.82, 2.24) is 5.32 Å². The average molecular weight is 475 g/mol. The van der Waals surface area contributed by atoms with Crippen LogP contribution in [0.25, 0.3) is 11.1 Å². The van der Waals surface area contributed by atoms with E-state index >= 15 is 0 Å². The van der Waals surface area contributed by atoms with Crippen molar-refractivity contribution in [3.63, 3.8) is 0 Å². The number of carboxylic acid groups (broad SMARTS) is 1. The minimum absolute atomic E-state index is 0.0817. The quantitative estimate of drug-likeness (QED) is 0.490. The lowest BCUT2D eigenvalue weighted by Gasteiger charge is -2.28. The molecule has 8 heteroatoms. The molecule has 0 aliphatic carbocycles. The molecule has 2 atom stereocenters. The normalized spacial score (nSPS) is 14.0. The average Bonchev–Trinajstić information content (AvgIpc) is 2.72. The SMILES string of the molecule is CCC(C#N)(C[C@@H](Cc1ccc(-c2cc(Cl)ccc2F)cc1)NC(=O)OC(C)(C)C)C(=O)O. The van der Waals surface area contributed by atoms with Crippen molar-refractivity contribution in [3.8, 4) is 17.2 Å². The van der Waals surface area contributed by atoms with Crippen LogP contribution in [0.2, 0.25) is 5.02 Å². The zero-order valence-corrected chi connectivity index (χ0v) is 19.9. The summed E-state index contributed by atoms with van der Waals surface area (Å²) in [7, 11) is 0. The number of nitrogens with one attached hydrogen (secondary N) is 1. The number of hydrogen-bond donors (Lipinski definition) is 2. The third-order valence-corrected chi connectivity index (χ3v) is 5.45. The van der Waals surface area contributed by atoms with Crippen LogP contribution in [0.1, 0.15) is 46.1 Å². The molecule has 176 valence electrons. The molecule has 0 saturated carbocycles. The van der Waals surface area contributed by atoms with E-state index in [1.165, 1.54) is 18.2 Å². The third-order valence-electron chi connectivity index (χ3n) is 5.22. The Bertz CT molecular complexity index is 1040. The smallest absolute Gasteiger partial charge is 0.407 e. The Morgan fingerprint density at radius 1 is 1.21 bits per heavy atom. The van der Waals surface area contributed by atoms with Crippen molar-refractivity contribution < 1.29 is 23.8 Å². The number of nitrogens with zero attached hydrogens (tertiary/aromatic N) is 1. The van der Waals surface area contributed by atoms with Gasteiger partial charge in [0.2, 0.25) is 0 Å². The molecule has 0 spiro atoms. The van der Waals surface area contributed by atoms with E-state index in [4.69, 9.17) is 16.3 Å². The molecule has 0 aliphatic heterocycles. The molecule has 2 rings (SSSR count). The van der Waals surface area contributed by atoms with Crippen molar-refractivity contribution in [2.75, 3.05) is 0 Å². The van der Waals surface area contributed by atoms with Gasteiger partial charge in [-0.3, -0.25) is 4.79 Å². The monoisotopic (exact) mass is 474 g/mol. The molecule has 0 saturated heterocycles. The molecule has 0 fully saturated rings. The summed E-state index contributed by atoms with van der Waals surface area (Å²) in [6.07, 6.45) is -0.454. The van der Waals surface area contributed by atoms with Crippen LogP contribution in [0, 0.1) is 22.6 Å². The fourth-order valence-corrected chi connectivity index (χ4v) is 3.62. The van der Waals surface area contributed by atoms with Crippen LogP contribution in [-0.4, -0.2) is 28.8 Å². The summed E-state index contributed by atoms with van der Waals surface area (Å²) in [6, 6.07) is 12.5. The molecule has 0 radical (unpaired) electrons. The number of amides is 1. The largest absolute Gasteiger partial charge is 0.480 e. The molecule has 0 bridgehead atoms. The van der Waals surface area contributed by atoms with Crippen LogP contribution >= 0.6 is 11.6 Å². The molecule has 1 unspecified atom stereocenters. The Kier molecular flexibility index (Phi) is 8.45. The number of carboxylic acids is 1. The number of rotatable bonds is 8. The molecular formula is C25H28ClFN2O4. The number of carbonyl (C=O) groups is 2. The molecule has 2 aromatic rings. The van der Waals surface area contributed by atoms with Crippen LogP contribution in [0.15, 0.2) is 42.5 Å². The minimum Gasteiger partial charge on any atom is -0.480 e. The lowest BCUT2D eigenvalue weighted by Crippen LogP contribution is -2.44. The molecule has 0 heterocycles. The molecule has 6 nitrogen and oxygen atoms in total. The number of ether oxygens (including phenoxy) is 1. The maximum atomic E-state index is 14.2. The molecule has 2 aromatic carbocycles. The van der Waals surface area contributed by atoms with E-state index in [2.05, 4.69) is 5.32 Å². The van der Waals surface area contributed by atoms with Crippen LogP contribution in [0.3, 0.4) is 0 Å². The second kappa shape index (κ2) is 10.7. The van der Waals surface area contributed by atoms with E-state index in [-0.39, 0.29) is 19.3 Å². The van der Waals surface area contributed by atoms with E-state index in [9.17, 15) is 24.3 Å². The van der Waals surface area contributed by atoms with E-state index in [0.29, 0.717) is 16.1 Å². The number of nitriles is 1. The first-order valence-electron chi connectivity index (χ1n) is 10.6. The molecule has 33 heavy (non-hydrogen) atoms. The predicted octanol–water partition coefficient (Wildman–Crippen LogP) is 5.98. The van der Waals surface area contributed by atoms with Gasteiger partial charge in [-0.1, -0.05) is 42.8 Å². The van der Waals surface area contributed by atoms with E-state index < -0.39 is 34.9 Å². The number of alkyl carbamates (subject to hydrolysis) is 1. The van der Waals surface area contributed by atoms with E-state index in [0.717, 1.165) is 5.56 Å². The Morgan fingerprint density at radius 2 is 1.85 bits per heavy atom. The first-order valence-corrected chi connectivity index (χ1v) is 11.0. The number of aliphatic carboxylic acids is 1. The van der Waals surface area contributed by atoms with Gasteiger partial charge in [0.25, 0.3) is 0 Å². The number of halogens is 2. The van der Waals surface area contributed by atoms with Gasteiger partial charge in [-0.05, 0) is 69.4 Å². The van der Waals surface area contributed by atoms with Gasteiger partial charge in [-0.15, -0.1) is 0 Å². The summed E-state index contributed by atoms with van der Waals surface area (Å²) < 4.78 is 19.5. The topological polar surface area (TPSA) is 99.4 Å². The number of benzene rings is 2. The second-order valence-corrected chi connectivity index (χ2v) is 9.36. The third kappa shape index (κ3) is 7.19. The maximum Gasteiger partial charge on any atom is 0.407 e. The summed E-state index contributed by atoms with van der Waals surface area (Å²) in [4.78, 5) is 24.2. The van der Waals surface area contributed by atoms with Gasteiger partial charge in [0.1, 0.15) is 11.4 Å². The summed E-state index contributed by atoms with van der Waals surface area (Å²) >= 11 is 5.98. The molecule has 0 aromatic heterocycles. The highest BCUT2D eigenvalue weighted by atomic mass is 35.5. The Hall–Kier alpha value is -3.11. The van der Waals surface area contributed by atoms with Gasteiger partial charge in [0.15, 0.2) is 5.41 Å². The zero-order chi connectivity index (χ0) is 24.8. The summed E-state index contributed by atoms with van der Waals surface area (Å²) in [6.45, 7) is 6.78. The van der Waals surface area contributed by atoms with Gasteiger partial charge in [-0.25, -0.2) is 9.18 Å². The highest BCUT2D eigenvalue weighted by Crippen LogP contribution is 2.30. The lowest BCUT2D eigenvalue weighted by molar-refractivity contribution is -0.146. The van der Waals surface area contributed by atoms with E-state index in [1.807, 2.05) is 6.07 Å². The fraction of sp³-hybridized carbons (Fsp3) is 0.400. The number of hydrogen-bond acceptors (Lipinski definition) is 4. The minimum atomic E-state index is -1.65.